The quantitative estimate of drug-likeness (QED) is 0.330. The predicted molar refractivity (Wildman–Crippen MR) is 105 cm³/mol. The van der Waals surface area contributed by atoms with Crippen molar-refractivity contribution in [1.82, 2.24) is 4.98 Å². The fourth-order valence-electron chi connectivity index (χ4n) is 3.40. The number of alkyl halides is 3. The highest BCUT2D eigenvalue weighted by Gasteiger charge is 2.39. The van der Waals surface area contributed by atoms with Crippen LogP contribution in [0.25, 0.3) is 11.1 Å². The van der Waals surface area contributed by atoms with Crippen molar-refractivity contribution in [3.63, 3.8) is 0 Å². The molecule has 0 saturated heterocycles. The summed E-state index contributed by atoms with van der Waals surface area (Å²) in [5.74, 6) is -2.31. The molecule has 9 heteroatoms. The van der Waals surface area contributed by atoms with Crippen LogP contribution in [0.15, 0.2) is 28.7 Å². The van der Waals surface area contributed by atoms with Gasteiger partial charge in [-0.2, -0.15) is 13.2 Å². The molecule has 0 saturated carbocycles. The molecule has 0 N–H and O–H groups in total. The van der Waals surface area contributed by atoms with Gasteiger partial charge in [-0.3, -0.25) is 4.79 Å². The zero-order chi connectivity index (χ0) is 22.9. The molecule has 0 aliphatic heterocycles. The second-order valence-electron chi connectivity index (χ2n) is 7.20. The molecule has 3 aromatic rings. The standard InChI is InChI=1S/C22H21F4NO4/c1-11(14-5-7-15(23)8-6-14)9-10-30-20-18(29-4)16(13(3)28)12(2)17-19(20)31-21(27-17)22(24,25)26/h5-8,11H,9-10H2,1-4H3. The summed E-state index contributed by atoms with van der Waals surface area (Å²) >= 11 is 0. The maximum absolute atomic E-state index is 13.2. The van der Waals surface area contributed by atoms with Gasteiger partial charge in [-0.25, -0.2) is 9.37 Å². The molecule has 0 fully saturated rings. The van der Waals surface area contributed by atoms with E-state index in [0.29, 0.717) is 6.42 Å². The number of carbonyl (C=O) groups is 1. The Labute approximate surface area is 176 Å². The van der Waals surface area contributed by atoms with Crippen LogP contribution in [0.3, 0.4) is 0 Å². The van der Waals surface area contributed by atoms with E-state index in [1.807, 2.05) is 6.92 Å². The fourth-order valence-corrected chi connectivity index (χ4v) is 3.40. The molecule has 0 spiro atoms. The van der Waals surface area contributed by atoms with E-state index in [-0.39, 0.29) is 52.1 Å². The summed E-state index contributed by atoms with van der Waals surface area (Å²) in [7, 11) is 1.29. The molecular formula is C22H21F4NO4. The van der Waals surface area contributed by atoms with Crippen molar-refractivity contribution in [3.05, 3.63) is 52.7 Å². The highest BCUT2D eigenvalue weighted by Crippen LogP contribution is 2.44. The molecule has 0 aliphatic rings. The second kappa shape index (κ2) is 8.56. The number of carbonyl (C=O) groups excluding carboxylic acids is 1. The molecule has 31 heavy (non-hydrogen) atoms. The summed E-state index contributed by atoms with van der Waals surface area (Å²) in [5, 5.41) is 0. The van der Waals surface area contributed by atoms with E-state index in [1.165, 1.54) is 33.1 Å². The molecule has 3 rings (SSSR count). The first-order valence-corrected chi connectivity index (χ1v) is 9.52. The number of nitrogens with zero attached hydrogens (tertiary/aromatic N) is 1. The van der Waals surface area contributed by atoms with Crippen LogP contribution in [0.2, 0.25) is 0 Å². The van der Waals surface area contributed by atoms with Crippen molar-refractivity contribution >= 4 is 16.9 Å². The number of aryl methyl sites for hydroxylation is 1. The molecule has 0 amide bonds. The number of methoxy groups -OCH3 is 1. The lowest BCUT2D eigenvalue weighted by Gasteiger charge is -2.17. The van der Waals surface area contributed by atoms with E-state index in [0.717, 1.165) is 5.56 Å². The first kappa shape index (κ1) is 22.6. The smallest absolute Gasteiger partial charge is 0.468 e. The van der Waals surface area contributed by atoms with Crippen molar-refractivity contribution in [2.24, 2.45) is 0 Å². The Morgan fingerprint density at radius 3 is 2.39 bits per heavy atom. The molecule has 1 atom stereocenters. The molecule has 166 valence electrons. The highest BCUT2D eigenvalue weighted by molar-refractivity contribution is 6.05. The molecule has 1 aromatic heterocycles. The van der Waals surface area contributed by atoms with Crippen molar-refractivity contribution in [2.75, 3.05) is 13.7 Å². The summed E-state index contributed by atoms with van der Waals surface area (Å²) in [4.78, 5) is 15.7. The van der Waals surface area contributed by atoms with Crippen LogP contribution >= 0.6 is 0 Å². The minimum atomic E-state index is -4.80. The Kier molecular flexibility index (Phi) is 6.24. The van der Waals surface area contributed by atoms with Gasteiger partial charge in [0.25, 0.3) is 0 Å². The van der Waals surface area contributed by atoms with Crippen molar-refractivity contribution in [3.8, 4) is 11.5 Å². The summed E-state index contributed by atoms with van der Waals surface area (Å²) < 4.78 is 68.7. The number of Topliss-reactive ketones (excluding diaryl/α,β-unsaturated/α-hetero) is 1. The van der Waals surface area contributed by atoms with Crippen molar-refractivity contribution in [2.45, 2.75) is 39.3 Å². The highest BCUT2D eigenvalue weighted by atomic mass is 19.4. The Bertz CT molecular complexity index is 1100. The van der Waals surface area contributed by atoms with Gasteiger partial charge in [0.05, 0.1) is 19.3 Å². The molecule has 1 unspecified atom stereocenters. The van der Waals surface area contributed by atoms with Gasteiger partial charge in [0, 0.05) is 0 Å². The van der Waals surface area contributed by atoms with Crippen LogP contribution in [0.4, 0.5) is 17.6 Å². The van der Waals surface area contributed by atoms with E-state index >= 15 is 0 Å². The third kappa shape index (κ3) is 4.50. The number of ketones is 1. The number of rotatable bonds is 7. The first-order chi connectivity index (χ1) is 14.5. The van der Waals surface area contributed by atoms with Crippen molar-refractivity contribution < 1.29 is 36.2 Å². The lowest BCUT2D eigenvalue weighted by Crippen LogP contribution is -2.08. The van der Waals surface area contributed by atoms with Crippen LogP contribution in [-0.2, 0) is 6.18 Å². The molecule has 2 aromatic carbocycles. The zero-order valence-corrected chi connectivity index (χ0v) is 17.4. The van der Waals surface area contributed by atoms with Crippen LogP contribution in [-0.4, -0.2) is 24.5 Å². The van der Waals surface area contributed by atoms with Crippen LogP contribution in [0.1, 0.15) is 53.6 Å². The van der Waals surface area contributed by atoms with Gasteiger partial charge < -0.3 is 13.9 Å². The third-order valence-corrected chi connectivity index (χ3v) is 5.03. The molecular weight excluding hydrogens is 418 g/mol. The molecule has 0 radical (unpaired) electrons. The van der Waals surface area contributed by atoms with Crippen LogP contribution in [0, 0.1) is 12.7 Å². The summed E-state index contributed by atoms with van der Waals surface area (Å²) in [6, 6.07) is 6.02. The minimum absolute atomic E-state index is 0.00295. The molecule has 1 heterocycles. The number of oxazole rings is 1. The number of hydrogen-bond donors (Lipinski definition) is 0. The second-order valence-corrected chi connectivity index (χ2v) is 7.20. The normalized spacial score (nSPS) is 12.8. The van der Waals surface area contributed by atoms with Gasteiger partial charge in [0.1, 0.15) is 11.3 Å². The van der Waals surface area contributed by atoms with Gasteiger partial charge >= 0.3 is 12.1 Å². The Balaban J connectivity index is 1.99. The van der Waals surface area contributed by atoms with E-state index in [4.69, 9.17) is 13.9 Å². The number of aromatic nitrogens is 1. The Morgan fingerprint density at radius 1 is 1.19 bits per heavy atom. The Morgan fingerprint density at radius 2 is 1.84 bits per heavy atom. The SMILES string of the molecule is COc1c(C(C)=O)c(C)c2nc(C(F)(F)F)oc2c1OCCC(C)c1ccc(F)cc1. The molecule has 0 aliphatic carbocycles. The molecule has 0 bridgehead atoms. The van der Waals surface area contributed by atoms with Crippen LogP contribution < -0.4 is 9.47 Å². The van der Waals surface area contributed by atoms with Gasteiger partial charge in [0.2, 0.25) is 11.3 Å². The maximum atomic E-state index is 13.2. The van der Waals surface area contributed by atoms with Crippen LogP contribution in [0.5, 0.6) is 11.5 Å². The number of ether oxygens (including phenoxy) is 2. The van der Waals surface area contributed by atoms with Gasteiger partial charge in [-0.15, -0.1) is 0 Å². The fraction of sp³-hybridized carbons (Fsp3) is 0.364. The minimum Gasteiger partial charge on any atom is -0.492 e. The topological polar surface area (TPSA) is 61.6 Å². The van der Waals surface area contributed by atoms with E-state index in [1.54, 1.807) is 12.1 Å². The van der Waals surface area contributed by atoms with E-state index in [2.05, 4.69) is 4.98 Å². The third-order valence-electron chi connectivity index (χ3n) is 5.03. The van der Waals surface area contributed by atoms with E-state index in [9.17, 15) is 22.4 Å². The van der Waals surface area contributed by atoms with Crippen molar-refractivity contribution in [1.29, 1.82) is 0 Å². The lowest BCUT2D eigenvalue weighted by molar-refractivity contribution is -0.156. The predicted octanol–water partition coefficient (Wildman–Crippen LogP) is 6.08. The van der Waals surface area contributed by atoms with Gasteiger partial charge in [-0.1, -0.05) is 19.1 Å². The summed E-state index contributed by atoms with van der Waals surface area (Å²) in [6.45, 7) is 4.76. The first-order valence-electron chi connectivity index (χ1n) is 9.52. The van der Waals surface area contributed by atoms with E-state index < -0.39 is 17.9 Å². The maximum Gasteiger partial charge on any atom is 0.468 e. The number of fused-ring (bicyclic) bond motifs is 1. The number of benzene rings is 2. The van der Waals surface area contributed by atoms with Gasteiger partial charge in [0.15, 0.2) is 11.5 Å². The lowest BCUT2D eigenvalue weighted by atomic mass is 9.98. The summed E-state index contributed by atoms with van der Waals surface area (Å²) in [5.41, 5.74) is 0.833. The Hall–Kier alpha value is -3.10. The van der Waals surface area contributed by atoms with Gasteiger partial charge in [-0.05, 0) is 49.4 Å². The average Bonchev–Trinajstić information content (AvgIpc) is 3.15. The number of hydrogen-bond acceptors (Lipinski definition) is 5. The average molecular weight is 439 g/mol. The molecule has 5 nitrogen and oxygen atoms in total. The monoisotopic (exact) mass is 439 g/mol. The number of halogens is 4. The summed E-state index contributed by atoms with van der Waals surface area (Å²) in [6.07, 6.45) is -4.33. The largest absolute Gasteiger partial charge is 0.492 e. The zero-order valence-electron chi connectivity index (χ0n) is 17.4.